The summed E-state index contributed by atoms with van der Waals surface area (Å²) in [6, 6.07) is 1.58. The molecule has 0 aliphatic heterocycles. The van der Waals surface area contributed by atoms with Gasteiger partial charge in [-0.05, 0) is 18.5 Å². The molecule has 1 rings (SSSR count). The SMILES string of the molecule is CCOC(=O)c1cncc(C#CCN=[N+]=[N-])c1. The van der Waals surface area contributed by atoms with E-state index in [4.69, 9.17) is 10.3 Å². The summed E-state index contributed by atoms with van der Waals surface area (Å²) in [5.41, 5.74) is 8.98. The molecule has 1 heterocycles. The Morgan fingerprint density at radius 2 is 2.47 bits per heavy atom. The van der Waals surface area contributed by atoms with Crippen LogP contribution in [0.1, 0.15) is 22.8 Å². The number of rotatable bonds is 3. The molecule has 0 aliphatic rings. The zero-order chi connectivity index (χ0) is 12.5. The molecule has 0 fully saturated rings. The van der Waals surface area contributed by atoms with Gasteiger partial charge in [-0.15, -0.1) is 0 Å². The van der Waals surface area contributed by atoms with E-state index in [1.807, 2.05) is 0 Å². The highest BCUT2D eigenvalue weighted by molar-refractivity contribution is 5.89. The minimum atomic E-state index is -0.432. The van der Waals surface area contributed by atoms with Gasteiger partial charge in [0, 0.05) is 22.9 Å². The van der Waals surface area contributed by atoms with Crippen molar-refractivity contribution in [3.05, 3.63) is 40.0 Å². The van der Waals surface area contributed by atoms with Crippen molar-refractivity contribution in [1.82, 2.24) is 4.98 Å². The van der Waals surface area contributed by atoms with Crippen LogP contribution in [0.15, 0.2) is 23.6 Å². The molecule has 0 radical (unpaired) electrons. The molecule has 0 bridgehead atoms. The van der Waals surface area contributed by atoms with Gasteiger partial charge in [-0.25, -0.2) is 4.79 Å². The first kappa shape index (κ1) is 12.6. The summed E-state index contributed by atoms with van der Waals surface area (Å²) in [6.07, 6.45) is 2.93. The topological polar surface area (TPSA) is 88.0 Å². The number of hydrogen-bond acceptors (Lipinski definition) is 4. The van der Waals surface area contributed by atoms with Crippen LogP contribution in [-0.2, 0) is 4.74 Å². The lowest BCUT2D eigenvalue weighted by molar-refractivity contribution is 0.0526. The first-order valence-electron chi connectivity index (χ1n) is 4.89. The molecule has 0 atom stereocenters. The molecule has 1 aromatic heterocycles. The van der Waals surface area contributed by atoms with Crippen molar-refractivity contribution < 1.29 is 9.53 Å². The highest BCUT2D eigenvalue weighted by Crippen LogP contribution is 2.03. The Kier molecular flexibility index (Phi) is 5.08. The molecule has 0 saturated heterocycles. The lowest BCUT2D eigenvalue weighted by atomic mass is 10.2. The maximum atomic E-state index is 11.4. The van der Waals surface area contributed by atoms with E-state index < -0.39 is 5.97 Å². The second kappa shape index (κ2) is 6.88. The van der Waals surface area contributed by atoms with Crippen LogP contribution < -0.4 is 0 Å². The predicted molar refractivity (Wildman–Crippen MR) is 61.1 cm³/mol. The second-order valence-electron chi connectivity index (χ2n) is 2.87. The molecule has 17 heavy (non-hydrogen) atoms. The minimum absolute atomic E-state index is 0.0835. The summed E-state index contributed by atoms with van der Waals surface area (Å²) >= 11 is 0. The van der Waals surface area contributed by atoms with Gasteiger partial charge in [0.15, 0.2) is 0 Å². The quantitative estimate of drug-likeness (QED) is 0.261. The van der Waals surface area contributed by atoms with E-state index in [1.165, 1.54) is 12.4 Å². The van der Waals surface area contributed by atoms with E-state index in [1.54, 1.807) is 13.0 Å². The van der Waals surface area contributed by atoms with Gasteiger partial charge in [-0.3, -0.25) is 4.98 Å². The molecule has 0 aliphatic carbocycles. The normalized spacial score (nSPS) is 8.53. The maximum absolute atomic E-state index is 11.4. The Morgan fingerprint density at radius 1 is 1.65 bits per heavy atom. The van der Waals surface area contributed by atoms with Gasteiger partial charge in [0.05, 0.1) is 18.7 Å². The Labute approximate surface area is 98.2 Å². The Bertz CT molecular complexity index is 510. The van der Waals surface area contributed by atoms with Crippen LogP contribution in [0.5, 0.6) is 0 Å². The van der Waals surface area contributed by atoms with E-state index in [-0.39, 0.29) is 6.54 Å². The highest BCUT2D eigenvalue weighted by Gasteiger charge is 2.06. The third-order valence-corrected chi connectivity index (χ3v) is 1.70. The number of ether oxygens (including phenoxy) is 1. The van der Waals surface area contributed by atoms with Gasteiger partial charge in [0.25, 0.3) is 0 Å². The van der Waals surface area contributed by atoms with E-state index in [0.29, 0.717) is 17.7 Å². The summed E-state index contributed by atoms with van der Waals surface area (Å²) in [6.45, 7) is 2.13. The fraction of sp³-hybridized carbons (Fsp3) is 0.273. The highest BCUT2D eigenvalue weighted by atomic mass is 16.5. The number of pyridine rings is 1. The molecule has 0 N–H and O–H groups in total. The molecular weight excluding hydrogens is 220 g/mol. The summed E-state index contributed by atoms with van der Waals surface area (Å²) in [7, 11) is 0. The van der Waals surface area contributed by atoms with Crippen molar-refractivity contribution in [2.24, 2.45) is 5.11 Å². The first-order chi connectivity index (χ1) is 8.27. The van der Waals surface area contributed by atoms with Crippen molar-refractivity contribution in [1.29, 1.82) is 0 Å². The van der Waals surface area contributed by atoms with Crippen molar-refractivity contribution in [3.63, 3.8) is 0 Å². The molecule has 0 saturated carbocycles. The number of carbonyl (C=O) groups excluding carboxylic acids is 1. The lowest BCUT2D eigenvalue weighted by Crippen LogP contribution is -2.05. The van der Waals surface area contributed by atoms with Gasteiger partial charge in [0.1, 0.15) is 0 Å². The largest absolute Gasteiger partial charge is 0.462 e. The molecule has 6 nitrogen and oxygen atoms in total. The van der Waals surface area contributed by atoms with Crippen molar-refractivity contribution in [2.75, 3.05) is 13.2 Å². The van der Waals surface area contributed by atoms with Gasteiger partial charge in [-0.1, -0.05) is 17.0 Å². The van der Waals surface area contributed by atoms with Crippen LogP contribution in [0, 0.1) is 11.8 Å². The standard InChI is InChI=1S/C11H10N4O2/c1-2-17-11(16)10-6-9(7-13-8-10)4-3-5-14-15-12/h6-8H,2,5H2,1H3. The maximum Gasteiger partial charge on any atom is 0.339 e. The number of carbonyl (C=O) groups is 1. The average Bonchev–Trinajstić information content (AvgIpc) is 2.35. The fourth-order valence-corrected chi connectivity index (χ4v) is 1.04. The molecule has 1 aromatic rings. The summed E-state index contributed by atoms with van der Waals surface area (Å²) in [5.74, 6) is 4.94. The molecular formula is C11H10N4O2. The van der Waals surface area contributed by atoms with Gasteiger partial charge in [-0.2, -0.15) is 0 Å². The zero-order valence-electron chi connectivity index (χ0n) is 9.25. The minimum Gasteiger partial charge on any atom is -0.462 e. The molecule has 0 spiro atoms. The van der Waals surface area contributed by atoms with E-state index in [9.17, 15) is 4.79 Å². The number of aromatic nitrogens is 1. The Morgan fingerprint density at radius 3 is 3.18 bits per heavy atom. The van der Waals surface area contributed by atoms with Crippen LogP contribution >= 0.6 is 0 Å². The van der Waals surface area contributed by atoms with Gasteiger partial charge < -0.3 is 4.74 Å². The predicted octanol–water partition coefficient (Wildman–Crippen LogP) is 1.92. The van der Waals surface area contributed by atoms with Crippen molar-refractivity contribution in [3.8, 4) is 11.8 Å². The number of esters is 1. The first-order valence-corrected chi connectivity index (χ1v) is 4.89. The van der Waals surface area contributed by atoms with E-state index >= 15 is 0 Å². The zero-order valence-corrected chi connectivity index (χ0v) is 9.25. The number of hydrogen-bond donors (Lipinski definition) is 0. The summed E-state index contributed by atoms with van der Waals surface area (Å²) < 4.78 is 4.83. The van der Waals surface area contributed by atoms with Crippen LogP contribution in [0.2, 0.25) is 0 Å². The lowest BCUT2D eigenvalue weighted by Gasteiger charge is -2.00. The third-order valence-electron chi connectivity index (χ3n) is 1.70. The third kappa shape index (κ3) is 4.24. The smallest absolute Gasteiger partial charge is 0.339 e. The molecule has 6 heteroatoms. The van der Waals surface area contributed by atoms with Crippen LogP contribution in [0.4, 0.5) is 0 Å². The number of nitrogens with zero attached hydrogens (tertiary/aromatic N) is 4. The Balaban J connectivity index is 2.80. The Hall–Kier alpha value is -2.51. The molecule has 0 aromatic carbocycles. The molecule has 0 amide bonds. The molecule has 86 valence electrons. The van der Waals surface area contributed by atoms with Crippen LogP contribution in [0.25, 0.3) is 10.4 Å². The molecule has 0 unspecified atom stereocenters. The summed E-state index contributed by atoms with van der Waals surface area (Å²) in [4.78, 5) is 17.8. The van der Waals surface area contributed by atoms with Crippen LogP contribution in [0.3, 0.4) is 0 Å². The van der Waals surface area contributed by atoms with Crippen molar-refractivity contribution >= 4 is 5.97 Å². The van der Waals surface area contributed by atoms with E-state index in [0.717, 1.165) is 0 Å². The van der Waals surface area contributed by atoms with Crippen molar-refractivity contribution in [2.45, 2.75) is 6.92 Å². The average molecular weight is 230 g/mol. The summed E-state index contributed by atoms with van der Waals surface area (Å²) in [5, 5.41) is 3.27. The van der Waals surface area contributed by atoms with E-state index in [2.05, 4.69) is 26.9 Å². The monoisotopic (exact) mass is 230 g/mol. The van der Waals surface area contributed by atoms with Gasteiger partial charge in [0.2, 0.25) is 0 Å². The fourth-order valence-electron chi connectivity index (χ4n) is 1.04. The van der Waals surface area contributed by atoms with Gasteiger partial charge >= 0.3 is 5.97 Å². The van der Waals surface area contributed by atoms with Crippen LogP contribution in [-0.4, -0.2) is 24.1 Å². The number of azide groups is 1. The second-order valence-corrected chi connectivity index (χ2v) is 2.87.